The van der Waals surface area contributed by atoms with Gasteiger partial charge in [-0.25, -0.2) is 0 Å². The first-order valence-corrected chi connectivity index (χ1v) is 13.8. The van der Waals surface area contributed by atoms with Gasteiger partial charge >= 0.3 is 0 Å². The van der Waals surface area contributed by atoms with Crippen LogP contribution in [-0.2, 0) is 28.4 Å². The Labute approximate surface area is 235 Å². The van der Waals surface area contributed by atoms with Crippen LogP contribution in [0.4, 0.5) is 0 Å². The normalized spacial score (nSPS) is 56.4. The highest BCUT2D eigenvalue weighted by molar-refractivity contribution is 5.03. The predicted octanol–water partition coefficient (Wildman–Crippen LogP) is -8.21. The third kappa shape index (κ3) is 5.89. The number of nitrogens with one attached hydrogen (secondary N) is 1. The number of aliphatic hydroxyl groups excluding tert-OH is 7. The molecule has 16 N–H and O–H groups in total. The molecule has 0 radical (unpaired) electrons. The second-order valence-electron chi connectivity index (χ2n) is 11.4. The van der Waals surface area contributed by atoms with Crippen LogP contribution in [0.5, 0.6) is 0 Å². The van der Waals surface area contributed by atoms with E-state index in [1.165, 1.54) is 0 Å². The Bertz CT molecular complexity index is 882. The molecule has 1 aliphatic carbocycles. The molecule has 0 spiro atoms. The molecule has 238 valence electrons. The zero-order valence-corrected chi connectivity index (χ0v) is 22.2. The van der Waals surface area contributed by atoms with Gasteiger partial charge in [-0.2, -0.15) is 0 Å². The molecule has 0 amide bonds. The summed E-state index contributed by atoms with van der Waals surface area (Å²) in [6, 6.07) is -3.91. The van der Waals surface area contributed by atoms with Gasteiger partial charge in [0.15, 0.2) is 18.9 Å². The fraction of sp³-hybridized carbons (Fsp3) is 1.00. The Hall–Kier alpha value is -0.720. The zero-order valence-electron chi connectivity index (χ0n) is 22.2. The van der Waals surface area contributed by atoms with Crippen molar-refractivity contribution < 1.29 is 64.2 Å². The summed E-state index contributed by atoms with van der Waals surface area (Å²) in [5, 5.41) is 77.0. The summed E-state index contributed by atoms with van der Waals surface area (Å²) in [6.45, 7) is -0.887. The van der Waals surface area contributed by atoms with Gasteiger partial charge in [0, 0.05) is 25.2 Å². The fourth-order valence-electron chi connectivity index (χ4n) is 6.16. The Kier molecular flexibility index (Phi) is 9.83. The van der Waals surface area contributed by atoms with Crippen molar-refractivity contribution in [1.82, 2.24) is 5.32 Å². The Balaban J connectivity index is 1.44. The molecule has 0 aromatic carbocycles. The highest BCUT2D eigenvalue weighted by Crippen LogP contribution is 2.35. The van der Waals surface area contributed by atoms with E-state index < -0.39 is 123 Å². The number of ether oxygens (including phenoxy) is 6. The SMILES string of the molecule is NC[C@@H]1O[C@H](O[C@H]2[C@@H](O)[C@@H]3O[C@@H]4[C@@H](O)[C@H](N)C[C@H](N)[C@H]4O[C@H]4O[C@H](CO)[C@@H](O)[C@H](O)[C@H]4NC[C@H]2O3)[C@H](N)[C@@H](O)[C@@H]1O. The minimum atomic E-state index is -1.49. The summed E-state index contributed by atoms with van der Waals surface area (Å²) >= 11 is 0. The van der Waals surface area contributed by atoms with E-state index in [2.05, 4.69) is 5.32 Å². The van der Waals surface area contributed by atoms with Crippen LogP contribution in [0.25, 0.3) is 0 Å². The molecule has 4 aliphatic heterocycles. The van der Waals surface area contributed by atoms with Crippen molar-refractivity contribution in [3.8, 4) is 0 Å². The molecular formula is C23H43N5O13. The molecule has 5 aliphatic rings. The third-order valence-corrected chi connectivity index (χ3v) is 8.65. The lowest BCUT2D eigenvalue weighted by atomic mass is 9.84. The molecule has 41 heavy (non-hydrogen) atoms. The van der Waals surface area contributed by atoms with E-state index in [9.17, 15) is 35.7 Å². The van der Waals surface area contributed by atoms with Gasteiger partial charge < -0.3 is 92.4 Å². The van der Waals surface area contributed by atoms with Crippen molar-refractivity contribution in [2.75, 3.05) is 19.7 Å². The molecule has 18 nitrogen and oxygen atoms in total. The summed E-state index contributed by atoms with van der Waals surface area (Å²) in [7, 11) is 0. The monoisotopic (exact) mass is 597 g/mol. The summed E-state index contributed by atoms with van der Waals surface area (Å²) in [5.74, 6) is 0. The summed E-state index contributed by atoms with van der Waals surface area (Å²) in [6.07, 6.45) is -19.1. The lowest BCUT2D eigenvalue weighted by molar-refractivity contribution is -0.311. The van der Waals surface area contributed by atoms with Crippen molar-refractivity contribution in [1.29, 1.82) is 0 Å². The van der Waals surface area contributed by atoms with Crippen LogP contribution in [-0.4, -0.2) is 172 Å². The summed E-state index contributed by atoms with van der Waals surface area (Å²) < 4.78 is 35.6. The highest BCUT2D eigenvalue weighted by atomic mass is 16.8. The van der Waals surface area contributed by atoms with Gasteiger partial charge in [0.05, 0.1) is 24.8 Å². The first-order chi connectivity index (χ1) is 19.5. The second kappa shape index (κ2) is 12.7. The Morgan fingerprint density at radius 3 is 2.07 bits per heavy atom. The molecule has 5 fully saturated rings. The maximum atomic E-state index is 11.3. The van der Waals surface area contributed by atoms with Crippen molar-refractivity contribution in [2.24, 2.45) is 22.9 Å². The quantitative estimate of drug-likeness (QED) is 0.143. The second-order valence-corrected chi connectivity index (χ2v) is 11.4. The first-order valence-electron chi connectivity index (χ1n) is 13.8. The summed E-state index contributed by atoms with van der Waals surface area (Å²) in [5.41, 5.74) is 24.2. The molecule has 4 heterocycles. The Morgan fingerprint density at radius 1 is 0.707 bits per heavy atom. The number of hydrogen-bond donors (Lipinski definition) is 12. The standard InChI is InChI=1S/C23H43N5O13/c24-2-7-13(31)15(33)10(27)21(36-7)40-19-8-3-28-11-16(34)14(32)9(4-29)38-22(11)39-18-6(26)1-5(25)12(30)20(18)41-23(37-8)17(19)35/h5-23,28-35H,1-4,24-27H2/t5-,6+,7+,8-,9-,10-,11-,12+,13-,14-,15-,16-,17-,18-,19-,20-,21-,22-,23+/m1/s1. The van der Waals surface area contributed by atoms with Crippen molar-refractivity contribution in [2.45, 2.75) is 123 Å². The molecule has 19 atom stereocenters. The average Bonchev–Trinajstić information content (AvgIpc) is 3.22. The maximum Gasteiger partial charge on any atom is 0.187 e. The van der Waals surface area contributed by atoms with E-state index in [0.717, 1.165) is 0 Å². The van der Waals surface area contributed by atoms with Crippen LogP contribution in [0.15, 0.2) is 0 Å². The van der Waals surface area contributed by atoms with Crippen LogP contribution in [0.2, 0.25) is 0 Å². The van der Waals surface area contributed by atoms with Crippen LogP contribution < -0.4 is 28.3 Å². The number of hydrogen-bond acceptors (Lipinski definition) is 18. The van der Waals surface area contributed by atoms with Crippen LogP contribution in [0.3, 0.4) is 0 Å². The van der Waals surface area contributed by atoms with E-state index >= 15 is 0 Å². The third-order valence-electron chi connectivity index (χ3n) is 8.65. The first kappa shape index (κ1) is 31.7. The van der Waals surface area contributed by atoms with E-state index in [4.69, 9.17) is 51.4 Å². The zero-order chi connectivity index (χ0) is 29.7. The van der Waals surface area contributed by atoms with Gasteiger partial charge in [-0.3, -0.25) is 0 Å². The number of nitrogens with two attached hydrogens (primary N) is 4. The van der Waals surface area contributed by atoms with Gasteiger partial charge in [-0.15, -0.1) is 0 Å². The largest absolute Gasteiger partial charge is 0.394 e. The lowest BCUT2D eigenvalue weighted by Gasteiger charge is -2.48. The fourth-order valence-corrected chi connectivity index (χ4v) is 6.16. The van der Waals surface area contributed by atoms with E-state index in [0.29, 0.717) is 0 Å². The van der Waals surface area contributed by atoms with E-state index in [1.54, 1.807) is 0 Å². The van der Waals surface area contributed by atoms with Gasteiger partial charge in [-0.1, -0.05) is 0 Å². The van der Waals surface area contributed by atoms with E-state index in [1.807, 2.05) is 0 Å². The minimum absolute atomic E-state index is 0.125. The summed E-state index contributed by atoms with van der Waals surface area (Å²) in [4.78, 5) is 0. The molecule has 0 unspecified atom stereocenters. The van der Waals surface area contributed by atoms with Gasteiger partial charge in [-0.05, 0) is 6.42 Å². The predicted molar refractivity (Wildman–Crippen MR) is 133 cm³/mol. The molecular weight excluding hydrogens is 554 g/mol. The molecule has 18 heteroatoms. The van der Waals surface area contributed by atoms with Crippen molar-refractivity contribution >= 4 is 0 Å². The van der Waals surface area contributed by atoms with Crippen molar-refractivity contribution in [3.05, 3.63) is 0 Å². The van der Waals surface area contributed by atoms with Gasteiger partial charge in [0.25, 0.3) is 0 Å². The molecule has 1 saturated carbocycles. The smallest absolute Gasteiger partial charge is 0.187 e. The topological polar surface area (TPSA) is 313 Å². The molecule has 2 bridgehead atoms. The molecule has 0 aromatic rings. The average molecular weight is 598 g/mol. The lowest BCUT2D eigenvalue weighted by Crippen LogP contribution is -2.69. The van der Waals surface area contributed by atoms with Crippen LogP contribution in [0.1, 0.15) is 6.42 Å². The van der Waals surface area contributed by atoms with Crippen LogP contribution in [0, 0.1) is 0 Å². The number of aliphatic hydroxyl groups is 7. The highest BCUT2D eigenvalue weighted by Gasteiger charge is 2.56. The van der Waals surface area contributed by atoms with Gasteiger partial charge in [0.2, 0.25) is 0 Å². The molecule has 0 aromatic heterocycles. The number of rotatable bonds is 4. The Morgan fingerprint density at radius 2 is 1.39 bits per heavy atom. The maximum absolute atomic E-state index is 11.3. The van der Waals surface area contributed by atoms with Crippen LogP contribution >= 0.6 is 0 Å². The number of fused-ring (bicyclic) bond motifs is 4. The van der Waals surface area contributed by atoms with Gasteiger partial charge in [0.1, 0.15) is 67.1 Å². The molecule has 4 saturated heterocycles. The van der Waals surface area contributed by atoms with E-state index in [-0.39, 0.29) is 19.5 Å². The van der Waals surface area contributed by atoms with Crippen molar-refractivity contribution in [3.63, 3.8) is 0 Å². The molecule has 5 rings (SSSR count). The minimum Gasteiger partial charge on any atom is -0.394 e.